The lowest BCUT2D eigenvalue weighted by Gasteiger charge is -2.18. The highest BCUT2D eigenvalue weighted by atomic mass is 32.2. The Kier molecular flexibility index (Phi) is 21.9. The molecule has 0 radical (unpaired) electrons. The highest BCUT2D eigenvalue weighted by molar-refractivity contribution is 7.99. The van der Waals surface area contributed by atoms with Crippen LogP contribution in [-0.2, 0) is 46.7 Å². The lowest BCUT2D eigenvalue weighted by atomic mass is 10.4. The van der Waals surface area contributed by atoms with Crippen LogP contribution in [0.2, 0.25) is 0 Å². The maximum atomic E-state index is 13.0. The van der Waals surface area contributed by atoms with Gasteiger partial charge in [-0.05, 0) is 20.8 Å². The van der Waals surface area contributed by atoms with Crippen LogP contribution in [0, 0.1) is 0 Å². The average Bonchev–Trinajstić information content (AvgIpc) is 2.86. The third kappa shape index (κ3) is 20.7. The van der Waals surface area contributed by atoms with Gasteiger partial charge in [-0.15, -0.1) is 0 Å². The normalized spacial score (nSPS) is 11.0. The fourth-order valence-electron chi connectivity index (χ4n) is 1.99. The van der Waals surface area contributed by atoms with E-state index in [1.54, 1.807) is 20.8 Å². The lowest BCUT2D eigenvalue weighted by Crippen LogP contribution is -2.10. The van der Waals surface area contributed by atoms with Crippen molar-refractivity contribution in [1.82, 2.24) is 0 Å². The van der Waals surface area contributed by atoms with Gasteiger partial charge in [-0.3, -0.25) is 13.6 Å². The van der Waals surface area contributed by atoms with Crippen molar-refractivity contribution in [2.24, 2.45) is 0 Å². The molecule has 0 aliphatic heterocycles. The van der Waals surface area contributed by atoms with Crippen molar-refractivity contribution in [3.8, 4) is 0 Å². The molecule has 0 aromatic carbocycles. The second-order valence-electron chi connectivity index (χ2n) is 7.53. The maximum Gasteiger partial charge on any atom is 0.474 e. The van der Waals surface area contributed by atoms with Crippen LogP contribution in [0.3, 0.4) is 0 Å². The first-order chi connectivity index (χ1) is 18.0. The van der Waals surface area contributed by atoms with E-state index < -0.39 is 25.7 Å². The largest absolute Gasteiger partial charge is 0.474 e. The zero-order valence-electron chi connectivity index (χ0n) is 22.4. The molecule has 0 heterocycles. The van der Waals surface area contributed by atoms with E-state index in [0.29, 0.717) is 51.2 Å². The number of esters is 3. The topological polar surface area (TPSA) is 124 Å². The van der Waals surface area contributed by atoms with Gasteiger partial charge in [0.1, 0.15) is 19.8 Å². The van der Waals surface area contributed by atoms with Crippen LogP contribution in [0.1, 0.15) is 20.8 Å². The average molecular weight is 615 g/mol. The fraction of sp³-hybridized carbons (Fsp3) is 0.625. The van der Waals surface area contributed by atoms with Crippen molar-refractivity contribution >= 4 is 61.0 Å². The molecule has 0 aliphatic carbocycles. The number of thioether (sulfide) groups is 3. The van der Waals surface area contributed by atoms with E-state index >= 15 is 0 Å². The molecule has 0 spiro atoms. The van der Waals surface area contributed by atoms with Crippen LogP contribution in [0.5, 0.6) is 0 Å². The minimum atomic E-state index is -3.80. The van der Waals surface area contributed by atoms with E-state index in [-0.39, 0.29) is 39.6 Å². The third-order valence-corrected chi connectivity index (χ3v) is 8.09. The summed E-state index contributed by atoms with van der Waals surface area (Å²) >= 11 is 4.39. The van der Waals surface area contributed by atoms with Crippen molar-refractivity contribution in [2.45, 2.75) is 20.8 Å². The van der Waals surface area contributed by atoms with E-state index in [1.807, 2.05) is 0 Å². The SMILES string of the molecule is C=C(C)C(=O)OCCSCCOP(=O)(OCCSCCOC(=O)C(=C)C)OCCSCCOC(=O)C(=C)C. The summed E-state index contributed by atoms with van der Waals surface area (Å²) in [5.74, 6) is 1.81. The molecule has 0 aromatic heterocycles. The molecule has 0 saturated carbocycles. The van der Waals surface area contributed by atoms with Crippen LogP contribution in [0.25, 0.3) is 0 Å². The summed E-state index contributed by atoms with van der Waals surface area (Å²) in [5, 5.41) is 0. The summed E-state index contributed by atoms with van der Waals surface area (Å²) in [6.07, 6.45) is 0. The van der Waals surface area contributed by atoms with Crippen molar-refractivity contribution in [3.05, 3.63) is 36.5 Å². The van der Waals surface area contributed by atoms with Gasteiger partial charge < -0.3 is 14.2 Å². The molecule has 0 atom stereocenters. The van der Waals surface area contributed by atoms with Crippen molar-refractivity contribution in [1.29, 1.82) is 0 Å². The Balaban J connectivity index is 4.35. The van der Waals surface area contributed by atoms with E-state index in [0.717, 1.165) is 0 Å². The molecule has 0 aliphatic rings. The van der Waals surface area contributed by atoms with Crippen molar-refractivity contribution in [3.63, 3.8) is 0 Å². The zero-order valence-corrected chi connectivity index (χ0v) is 25.7. The van der Waals surface area contributed by atoms with E-state index in [9.17, 15) is 18.9 Å². The number of carbonyl (C=O) groups is 3. The zero-order chi connectivity index (χ0) is 28.8. The van der Waals surface area contributed by atoms with Gasteiger partial charge in [0.2, 0.25) is 0 Å². The summed E-state index contributed by atoms with van der Waals surface area (Å²) in [6, 6.07) is 0. The Labute approximate surface area is 238 Å². The number of hydrogen-bond acceptors (Lipinski definition) is 13. The monoisotopic (exact) mass is 614 g/mol. The Morgan fingerprint density at radius 2 is 0.763 bits per heavy atom. The number of carbonyl (C=O) groups excluding carboxylic acids is 3. The molecular formula is C24H39O10PS3. The van der Waals surface area contributed by atoms with E-state index in [1.165, 1.54) is 35.3 Å². The van der Waals surface area contributed by atoms with Gasteiger partial charge in [0, 0.05) is 51.2 Å². The number of ether oxygens (including phenoxy) is 3. The molecule has 0 bridgehead atoms. The standard InChI is InChI=1S/C24H39O10PS3/c1-19(2)22(25)29-7-13-36-16-10-32-35(28,33-11-17-37-14-8-30-23(26)20(3)4)34-12-18-38-15-9-31-24(27)21(5)6/h1,3,5,7-18H2,2,4,6H3. The molecular weight excluding hydrogens is 575 g/mol. The fourth-order valence-corrected chi connectivity index (χ4v) is 5.35. The molecule has 0 N–H and O–H groups in total. The molecule has 0 aromatic rings. The predicted octanol–water partition coefficient (Wildman–Crippen LogP) is 4.70. The van der Waals surface area contributed by atoms with Crippen LogP contribution in [0.4, 0.5) is 0 Å². The molecule has 0 fully saturated rings. The number of phosphoric acid groups is 1. The first-order valence-electron chi connectivity index (χ1n) is 11.7. The van der Waals surface area contributed by atoms with E-state index in [2.05, 4.69) is 19.7 Å². The first-order valence-corrected chi connectivity index (χ1v) is 16.7. The van der Waals surface area contributed by atoms with Gasteiger partial charge in [-0.1, -0.05) is 19.7 Å². The Bertz CT molecular complexity index is 730. The maximum absolute atomic E-state index is 13.0. The molecule has 218 valence electrons. The summed E-state index contributed by atoms with van der Waals surface area (Å²) in [4.78, 5) is 34.1. The molecule has 0 saturated heterocycles. The van der Waals surface area contributed by atoms with Crippen molar-refractivity contribution in [2.75, 3.05) is 74.2 Å². The minimum Gasteiger partial charge on any atom is -0.461 e. The van der Waals surface area contributed by atoms with Gasteiger partial charge in [0.15, 0.2) is 0 Å². The van der Waals surface area contributed by atoms with Gasteiger partial charge in [0.25, 0.3) is 0 Å². The third-order valence-electron chi connectivity index (χ3n) is 3.86. The number of phosphoric ester groups is 1. The van der Waals surface area contributed by atoms with Gasteiger partial charge in [0.05, 0.1) is 19.8 Å². The predicted molar refractivity (Wildman–Crippen MR) is 155 cm³/mol. The number of rotatable bonds is 24. The molecule has 38 heavy (non-hydrogen) atoms. The van der Waals surface area contributed by atoms with Crippen LogP contribution in [-0.4, -0.2) is 92.1 Å². The van der Waals surface area contributed by atoms with Crippen LogP contribution < -0.4 is 0 Å². The minimum absolute atomic E-state index is 0.115. The van der Waals surface area contributed by atoms with Gasteiger partial charge in [-0.2, -0.15) is 35.3 Å². The van der Waals surface area contributed by atoms with E-state index in [4.69, 9.17) is 27.8 Å². The second kappa shape index (κ2) is 22.6. The summed E-state index contributed by atoms with van der Waals surface area (Å²) in [7, 11) is -3.80. The molecule has 14 heteroatoms. The Morgan fingerprint density at radius 1 is 0.526 bits per heavy atom. The molecule has 0 amide bonds. The summed E-state index contributed by atoms with van der Waals surface area (Å²) in [5.41, 5.74) is 1.02. The van der Waals surface area contributed by atoms with Gasteiger partial charge in [-0.25, -0.2) is 18.9 Å². The summed E-state index contributed by atoms with van der Waals surface area (Å²) < 4.78 is 44.5. The lowest BCUT2D eigenvalue weighted by molar-refractivity contribution is -0.139. The highest BCUT2D eigenvalue weighted by Gasteiger charge is 2.26. The molecule has 0 unspecified atom stereocenters. The molecule has 10 nitrogen and oxygen atoms in total. The highest BCUT2D eigenvalue weighted by Crippen LogP contribution is 2.49. The van der Waals surface area contributed by atoms with Crippen molar-refractivity contribution < 1.29 is 46.7 Å². The van der Waals surface area contributed by atoms with Crippen LogP contribution >= 0.6 is 43.1 Å². The smallest absolute Gasteiger partial charge is 0.461 e. The van der Waals surface area contributed by atoms with Crippen LogP contribution in [0.15, 0.2) is 36.5 Å². The quantitative estimate of drug-likeness (QED) is 0.0491. The Hall–Kier alpha value is -1.21. The van der Waals surface area contributed by atoms with Gasteiger partial charge >= 0.3 is 25.7 Å². The number of hydrogen-bond donors (Lipinski definition) is 0. The first kappa shape index (κ1) is 36.8. The summed E-state index contributed by atoms with van der Waals surface area (Å²) in [6.45, 7) is 16.3. The molecule has 0 rings (SSSR count). The second-order valence-corrected chi connectivity index (χ2v) is 12.9. The Morgan fingerprint density at radius 3 is 1.00 bits per heavy atom.